The quantitative estimate of drug-likeness (QED) is 0.735. The summed E-state index contributed by atoms with van der Waals surface area (Å²) in [6, 6.07) is 7.24. The van der Waals surface area contributed by atoms with Crippen molar-refractivity contribution in [2.24, 2.45) is 5.92 Å². The molecule has 20 heavy (non-hydrogen) atoms. The second-order valence-electron chi connectivity index (χ2n) is 6.30. The summed E-state index contributed by atoms with van der Waals surface area (Å²) in [5, 5.41) is 4.34. The monoisotopic (exact) mass is 355 g/mol. The minimum absolute atomic E-state index is 0.534. The second kappa shape index (κ2) is 7.86. The molecule has 1 aromatic rings. The lowest BCUT2D eigenvalue weighted by molar-refractivity contribution is 0.394. The molecule has 0 aromatic heterocycles. The molecule has 0 saturated heterocycles. The molecule has 1 nitrogen and oxygen atoms in total. The van der Waals surface area contributed by atoms with E-state index in [4.69, 9.17) is 0 Å². The van der Waals surface area contributed by atoms with Crippen molar-refractivity contribution in [2.45, 2.75) is 69.2 Å². The average molecular weight is 356 g/mol. The van der Waals surface area contributed by atoms with Gasteiger partial charge in [0.15, 0.2) is 0 Å². The highest BCUT2D eigenvalue weighted by Crippen LogP contribution is 2.38. The Hall–Kier alpha value is 0.01000. The Labute approximate surface area is 136 Å². The number of thioether (sulfide) groups is 1. The van der Waals surface area contributed by atoms with Gasteiger partial charge in [0.1, 0.15) is 0 Å². The van der Waals surface area contributed by atoms with Crippen LogP contribution in [0.5, 0.6) is 0 Å². The first-order valence-corrected chi connectivity index (χ1v) is 9.40. The van der Waals surface area contributed by atoms with Gasteiger partial charge in [0.2, 0.25) is 0 Å². The molecule has 1 saturated carbocycles. The van der Waals surface area contributed by atoms with Crippen molar-refractivity contribution >= 4 is 27.7 Å². The largest absolute Gasteiger partial charge is 0.310 e. The van der Waals surface area contributed by atoms with Crippen molar-refractivity contribution in [3.63, 3.8) is 0 Å². The van der Waals surface area contributed by atoms with E-state index in [-0.39, 0.29) is 0 Å². The Morgan fingerprint density at radius 1 is 1.35 bits per heavy atom. The molecule has 0 amide bonds. The number of rotatable bonds is 5. The molecule has 0 bridgehead atoms. The first kappa shape index (κ1) is 16.4. The van der Waals surface area contributed by atoms with Crippen LogP contribution >= 0.6 is 27.7 Å². The zero-order valence-corrected chi connectivity index (χ0v) is 15.2. The highest BCUT2D eigenvalue weighted by molar-refractivity contribution is 9.10. The maximum absolute atomic E-state index is 3.62. The molecular formula is C17H26BrNS. The number of nitrogens with one attached hydrogen (secondary N) is 1. The fraction of sp³-hybridized carbons (Fsp3) is 0.647. The maximum Gasteiger partial charge on any atom is 0.0218 e. The van der Waals surface area contributed by atoms with Gasteiger partial charge in [-0.2, -0.15) is 0 Å². The van der Waals surface area contributed by atoms with Crippen molar-refractivity contribution < 1.29 is 0 Å². The molecule has 0 heterocycles. The molecule has 112 valence electrons. The topological polar surface area (TPSA) is 12.0 Å². The molecule has 0 spiro atoms. The molecular weight excluding hydrogens is 330 g/mol. The third-order valence-corrected chi connectivity index (χ3v) is 5.80. The van der Waals surface area contributed by atoms with Crippen LogP contribution in [0.1, 0.15) is 52.0 Å². The Morgan fingerprint density at radius 3 is 2.85 bits per heavy atom. The third-order valence-electron chi connectivity index (χ3n) is 3.91. The van der Waals surface area contributed by atoms with E-state index in [1.807, 2.05) is 0 Å². The molecule has 0 radical (unpaired) electrons. The summed E-state index contributed by atoms with van der Waals surface area (Å²) >= 11 is 5.71. The number of halogens is 1. The Morgan fingerprint density at radius 2 is 2.15 bits per heavy atom. The van der Waals surface area contributed by atoms with Crippen LogP contribution in [-0.4, -0.2) is 11.3 Å². The van der Waals surface area contributed by atoms with Crippen LogP contribution in [-0.2, 0) is 6.54 Å². The first-order chi connectivity index (χ1) is 9.54. The Bertz CT molecular complexity index is 433. The summed E-state index contributed by atoms with van der Waals surface area (Å²) in [7, 11) is 0. The Balaban J connectivity index is 2.06. The van der Waals surface area contributed by atoms with Crippen LogP contribution in [0.2, 0.25) is 0 Å². The van der Waals surface area contributed by atoms with Gasteiger partial charge in [-0.3, -0.25) is 0 Å². The molecule has 3 heteroatoms. The summed E-state index contributed by atoms with van der Waals surface area (Å²) in [5.74, 6) is 0.894. The van der Waals surface area contributed by atoms with Crippen LogP contribution in [0.3, 0.4) is 0 Å². The van der Waals surface area contributed by atoms with Gasteiger partial charge in [-0.15, -0.1) is 11.8 Å². The van der Waals surface area contributed by atoms with Gasteiger partial charge < -0.3 is 5.32 Å². The molecule has 2 atom stereocenters. The van der Waals surface area contributed by atoms with E-state index in [0.717, 1.165) is 17.7 Å². The smallest absolute Gasteiger partial charge is 0.0218 e. The predicted molar refractivity (Wildman–Crippen MR) is 93.4 cm³/mol. The minimum Gasteiger partial charge on any atom is -0.310 e. The van der Waals surface area contributed by atoms with Crippen molar-refractivity contribution in [3.8, 4) is 0 Å². The molecule has 1 aromatic carbocycles. The van der Waals surface area contributed by atoms with Gasteiger partial charge >= 0.3 is 0 Å². The minimum atomic E-state index is 0.534. The molecule has 1 aliphatic rings. The van der Waals surface area contributed by atoms with Crippen LogP contribution in [0.15, 0.2) is 27.6 Å². The van der Waals surface area contributed by atoms with Crippen molar-refractivity contribution in [1.29, 1.82) is 0 Å². The number of benzene rings is 1. The van der Waals surface area contributed by atoms with E-state index in [2.05, 4.69) is 72.0 Å². The van der Waals surface area contributed by atoms with Crippen LogP contribution < -0.4 is 5.32 Å². The molecule has 0 aliphatic heterocycles. The lowest BCUT2D eigenvalue weighted by atomic mass is 9.91. The molecule has 2 unspecified atom stereocenters. The standard InChI is InChI=1S/C17H26BrNS/c1-12(2)19-11-14-7-8-15(18)10-17(14)20-16-6-4-5-13(3)9-16/h7-8,10,12-13,16,19H,4-6,9,11H2,1-3H3. The van der Waals surface area contributed by atoms with Crippen LogP contribution in [0.25, 0.3) is 0 Å². The lowest BCUT2D eigenvalue weighted by Gasteiger charge is -2.27. The van der Waals surface area contributed by atoms with Gasteiger partial charge in [0.05, 0.1) is 0 Å². The van der Waals surface area contributed by atoms with Gasteiger partial charge in [0, 0.05) is 27.2 Å². The van der Waals surface area contributed by atoms with Gasteiger partial charge in [0.25, 0.3) is 0 Å². The first-order valence-electron chi connectivity index (χ1n) is 7.73. The van der Waals surface area contributed by atoms with E-state index in [9.17, 15) is 0 Å². The molecule has 1 fully saturated rings. The van der Waals surface area contributed by atoms with Gasteiger partial charge in [-0.1, -0.05) is 55.6 Å². The lowest BCUT2D eigenvalue weighted by Crippen LogP contribution is -2.22. The van der Waals surface area contributed by atoms with E-state index in [1.165, 1.54) is 40.6 Å². The normalized spacial score (nSPS) is 23.2. The zero-order chi connectivity index (χ0) is 14.5. The third kappa shape index (κ3) is 5.09. The summed E-state index contributed by atoms with van der Waals surface area (Å²) in [6.07, 6.45) is 5.55. The zero-order valence-electron chi connectivity index (χ0n) is 12.8. The summed E-state index contributed by atoms with van der Waals surface area (Å²) in [4.78, 5) is 1.45. The van der Waals surface area contributed by atoms with E-state index in [1.54, 1.807) is 0 Å². The molecule has 1 N–H and O–H groups in total. The highest BCUT2D eigenvalue weighted by Gasteiger charge is 2.20. The van der Waals surface area contributed by atoms with E-state index in [0.29, 0.717) is 6.04 Å². The van der Waals surface area contributed by atoms with Gasteiger partial charge in [-0.05, 0) is 36.5 Å². The molecule has 1 aliphatic carbocycles. The van der Waals surface area contributed by atoms with Crippen molar-refractivity contribution in [3.05, 3.63) is 28.2 Å². The van der Waals surface area contributed by atoms with Crippen molar-refractivity contribution in [2.75, 3.05) is 0 Å². The average Bonchev–Trinajstić information content (AvgIpc) is 2.37. The summed E-state index contributed by atoms with van der Waals surface area (Å²) < 4.78 is 1.19. The SMILES string of the molecule is CC1CCCC(Sc2cc(Br)ccc2CNC(C)C)C1. The maximum atomic E-state index is 3.62. The fourth-order valence-corrected chi connectivity index (χ4v) is 4.83. The number of hydrogen-bond donors (Lipinski definition) is 1. The second-order valence-corrected chi connectivity index (χ2v) is 8.56. The summed E-state index contributed by atoms with van der Waals surface area (Å²) in [6.45, 7) is 7.77. The van der Waals surface area contributed by atoms with E-state index < -0.39 is 0 Å². The van der Waals surface area contributed by atoms with Gasteiger partial charge in [-0.25, -0.2) is 0 Å². The van der Waals surface area contributed by atoms with E-state index >= 15 is 0 Å². The Kier molecular flexibility index (Phi) is 6.44. The van der Waals surface area contributed by atoms with Crippen LogP contribution in [0.4, 0.5) is 0 Å². The number of hydrogen-bond acceptors (Lipinski definition) is 2. The predicted octanol–water partition coefficient (Wildman–Crippen LogP) is 5.62. The highest BCUT2D eigenvalue weighted by atomic mass is 79.9. The van der Waals surface area contributed by atoms with Crippen molar-refractivity contribution in [1.82, 2.24) is 5.32 Å². The summed E-state index contributed by atoms with van der Waals surface area (Å²) in [5.41, 5.74) is 1.44. The molecule has 2 rings (SSSR count). The fourth-order valence-electron chi connectivity index (χ4n) is 2.76. The van der Waals surface area contributed by atoms with Crippen LogP contribution in [0, 0.1) is 5.92 Å².